The van der Waals surface area contributed by atoms with Crippen LogP contribution in [0.3, 0.4) is 0 Å². The Morgan fingerprint density at radius 2 is 1.80 bits per heavy atom. The Morgan fingerprint density at radius 3 is 2.44 bits per heavy atom. The molecule has 0 unspecified atom stereocenters. The van der Waals surface area contributed by atoms with Crippen molar-refractivity contribution in [3.8, 4) is 5.75 Å². The molecule has 0 spiro atoms. The van der Waals surface area contributed by atoms with Gasteiger partial charge in [0.2, 0.25) is 0 Å². The lowest BCUT2D eigenvalue weighted by molar-refractivity contribution is 0.0975. The fourth-order valence-corrected chi connectivity index (χ4v) is 2.26. The second-order valence-electron chi connectivity index (χ2n) is 5.19. The van der Waals surface area contributed by atoms with E-state index in [1.54, 1.807) is 48.5 Å². The molecule has 0 atom stereocenters. The Hall–Kier alpha value is -2.93. The highest BCUT2D eigenvalue weighted by molar-refractivity contribution is 7.80. The zero-order chi connectivity index (χ0) is 18.2. The van der Waals surface area contributed by atoms with Crippen molar-refractivity contribution < 1.29 is 14.3 Å². The Balaban J connectivity index is 1.98. The third-order valence-electron chi connectivity index (χ3n) is 3.26. The summed E-state index contributed by atoms with van der Waals surface area (Å²) in [6.45, 7) is 2.64. The lowest BCUT2D eigenvalue weighted by atomic mass is 10.1. The van der Waals surface area contributed by atoms with Gasteiger partial charge in [0.25, 0.3) is 11.8 Å². The van der Waals surface area contributed by atoms with E-state index in [1.165, 1.54) is 0 Å². The minimum absolute atomic E-state index is 0.0741. The number of para-hydroxylation sites is 1. The summed E-state index contributed by atoms with van der Waals surface area (Å²) in [6.07, 6.45) is 0.912. The molecular weight excluding hydrogens is 338 g/mol. The fraction of sp³-hybridized carbons (Fsp3) is 0.167. The first kappa shape index (κ1) is 18.4. The van der Waals surface area contributed by atoms with Crippen molar-refractivity contribution >= 4 is 34.8 Å². The van der Waals surface area contributed by atoms with Crippen LogP contribution in [0.5, 0.6) is 5.75 Å². The molecule has 4 N–H and O–H groups in total. The number of amides is 2. The molecule has 0 fully saturated rings. The summed E-state index contributed by atoms with van der Waals surface area (Å²) in [6, 6.07) is 13.4. The number of ether oxygens (including phenoxy) is 1. The van der Waals surface area contributed by atoms with Crippen LogP contribution < -0.4 is 21.1 Å². The van der Waals surface area contributed by atoms with Crippen LogP contribution in [0.1, 0.15) is 34.1 Å². The van der Waals surface area contributed by atoms with Crippen molar-refractivity contribution in [3.05, 3.63) is 59.7 Å². The number of primary amides is 1. The van der Waals surface area contributed by atoms with Crippen molar-refractivity contribution in [1.82, 2.24) is 5.32 Å². The van der Waals surface area contributed by atoms with Crippen LogP contribution in [-0.2, 0) is 0 Å². The van der Waals surface area contributed by atoms with E-state index in [4.69, 9.17) is 22.7 Å². The van der Waals surface area contributed by atoms with Crippen LogP contribution in [0.4, 0.5) is 5.69 Å². The first-order chi connectivity index (χ1) is 12.0. The molecule has 0 saturated heterocycles. The minimum Gasteiger partial charge on any atom is -0.494 e. The molecule has 2 amide bonds. The average molecular weight is 357 g/mol. The standard InChI is InChI=1S/C18H19N3O3S/c1-2-11-24-13-9-7-12(8-10-13)17(23)21-18(25)20-15-6-4-3-5-14(15)16(19)22/h3-10H,2,11H2,1H3,(H2,19,22)(H2,20,21,23,25). The van der Waals surface area contributed by atoms with Crippen LogP contribution in [0.25, 0.3) is 0 Å². The van der Waals surface area contributed by atoms with Gasteiger partial charge in [-0.1, -0.05) is 19.1 Å². The molecule has 2 aromatic rings. The van der Waals surface area contributed by atoms with E-state index in [9.17, 15) is 9.59 Å². The maximum Gasteiger partial charge on any atom is 0.257 e. The zero-order valence-corrected chi connectivity index (χ0v) is 14.6. The number of anilines is 1. The van der Waals surface area contributed by atoms with E-state index in [-0.39, 0.29) is 16.6 Å². The Kier molecular flexibility index (Phi) is 6.47. The Bertz CT molecular complexity index is 775. The van der Waals surface area contributed by atoms with Gasteiger partial charge in [0.15, 0.2) is 5.11 Å². The topological polar surface area (TPSA) is 93.4 Å². The normalized spacial score (nSPS) is 9.96. The number of nitrogens with two attached hydrogens (primary N) is 1. The highest BCUT2D eigenvalue weighted by Gasteiger charge is 2.11. The van der Waals surface area contributed by atoms with Gasteiger partial charge in [-0.05, 0) is 55.0 Å². The third kappa shape index (κ3) is 5.29. The Labute approximate surface area is 151 Å². The number of carbonyl (C=O) groups is 2. The molecule has 0 radical (unpaired) electrons. The van der Waals surface area contributed by atoms with Gasteiger partial charge >= 0.3 is 0 Å². The van der Waals surface area contributed by atoms with E-state index in [2.05, 4.69) is 10.6 Å². The number of hydrogen-bond acceptors (Lipinski definition) is 4. The summed E-state index contributed by atoms with van der Waals surface area (Å²) in [5, 5.41) is 5.44. The second-order valence-corrected chi connectivity index (χ2v) is 5.60. The van der Waals surface area contributed by atoms with Crippen LogP contribution in [0, 0.1) is 0 Å². The molecule has 25 heavy (non-hydrogen) atoms. The molecule has 0 aromatic heterocycles. The van der Waals surface area contributed by atoms with Crippen LogP contribution >= 0.6 is 12.2 Å². The average Bonchev–Trinajstić information content (AvgIpc) is 2.60. The lowest BCUT2D eigenvalue weighted by Crippen LogP contribution is -2.34. The monoisotopic (exact) mass is 357 g/mol. The van der Waals surface area contributed by atoms with E-state index in [0.717, 1.165) is 6.42 Å². The number of carbonyl (C=O) groups excluding carboxylic acids is 2. The predicted molar refractivity (Wildman–Crippen MR) is 101 cm³/mol. The van der Waals surface area contributed by atoms with Crippen molar-refractivity contribution in [2.24, 2.45) is 5.73 Å². The number of nitrogens with one attached hydrogen (secondary N) is 2. The van der Waals surface area contributed by atoms with E-state index < -0.39 is 5.91 Å². The number of rotatable bonds is 6. The molecular formula is C18H19N3O3S. The molecule has 0 aliphatic rings. The van der Waals surface area contributed by atoms with Crippen molar-refractivity contribution in [2.75, 3.05) is 11.9 Å². The van der Waals surface area contributed by atoms with Crippen molar-refractivity contribution in [2.45, 2.75) is 13.3 Å². The smallest absolute Gasteiger partial charge is 0.257 e. The maximum absolute atomic E-state index is 12.2. The first-order valence-corrected chi connectivity index (χ1v) is 8.16. The van der Waals surface area contributed by atoms with E-state index in [1.807, 2.05) is 6.92 Å². The van der Waals surface area contributed by atoms with Crippen LogP contribution in [0.15, 0.2) is 48.5 Å². The quantitative estimate of drug-likeness (QED) is 0.691. The van der Waals surface area contributed by atoms with E-state index in [0.29, 0.717) is 23.6 Å². The molecule has 0 aliphatic heterocycles. The summed E-state index contributed by atoms with van der Waals surface area (Å²) in [5.41, 5.74) is 6.47. The zero-order valence-electron chi connectivity index (χ0n) is 13.7. The van der Waals surface area contributed by atoms with Crippen LogP contribution in [-0.4, -0.2) is 23.5 Å². The van der Waals surface area contributed by atoms with Gasteiger partial charge in [0.05, 0.1) is 17.9 Å². The number of benzene rings is 2. The maximum atomic E-state index is 12.2. The van der Waals surface area contributed by atoms with E-state index >= 15 is 0 Å². The summed E-state index contributed by atoms with van der Waals surface area (Å²) in [7, 11) is 0. The highest BCUT2D eigenvalue weighted by atomic mass is 32.1. The molecule has 2 aromatic carbocycles. The van der Waals surface area contributed by atoms with Crippen molar-refractivity contribution in [3.63, 3.8) is 0 Å². The molecule has 2 rings (SSSR count). The molecule has 7 heteroatoms. The summed E-state index contributed by atoms with van der Waals surface area (Å²) in [4.78, 5) is 23.6. The summed E-state index contributed by atoms with van der Waals surface area (Å²) >= 11 is 5.12. The summed E-state index contributed by atoms with van der Waals surface area (Å²) < 4.78 is 5.47. The molecule has 0 saturated carbocycles. The predicted octanol–water partition coefficient (Wildman–Crippen LogP) is 2.70. The molecule has 6 nitrogen and oxygen atoms in total. The molecule has 0 heterocycles. The van der Waals surface area contributed by atoms with Gasteiger partial charge in [0.1, 0.15) is 5.75 Å². The Morgan fingerprint density at radius 1 is 1.12 bits per heavy atom. The molecule has 0 bridgehead atoms. The third-order valence-corrected chi connectivity index (χ3v) is 3.46. The lowest BCUT2D eigenvalue weighted by Gasteiger charge is -2.12. The number of hydrogen-bond donors (Lipinski definition) is 3. The highest BCUT2D eigenvalue weighted by Crippen LogP contribution is 2.15. The second kappa shape index (κ2) is 8.79. The van der Waals surface area contributed by atoms with Crippen LogP contribution in [0.2, 0.25) is 0 Å². The fourth-order valence-electron chi connectivity index (χ4n) is 2.06. The van der Waals surface area contributed by atoms with Gasteiger partial charge in [0, 0.05) is 5.56 Å². The minimum atomic E-state index is -0.583. The van der Waals surface area contributed by atoms with Gasteiger partial charge in [-0.3, -0.25) is 14.9 Å². The largest absolute Gasteiger partial charge is 0.494 e. The van der Waals surface area contributed by atoms with Gasteiger partial charge in [-0.15, -0.1) is 0 Å². The number of thiocarbonyl (C=S) groups is 1. The SMILES string of the molecule is CCCOc1ccc(C(=O)NC(=S)Nc2ccccc2C(N)=O)cc1. The van der Waals surface area contributed by atoms with Gasteiger partial charge in [-0.25, -0.2) is 0 Å². The van der Waals surface area contributed by atoms with Gasteiger partial charge < -0.3 is 15.8 Å². The molecule has 0 aliphatic carbocycles. The van der Waals surface area contributed by atoms with Gasteiger partial charge in [-0.2, -0.15) is 0 Å². The molecule has 130 valence electrons. The summed E-state index contributed by atoms with van der Waals surface area (Å²) in [5.74, 6) is -0.245. The first-order valence-electron chi connectivity index (χ1n) is 7.75. The van der Waals surface area contributed by atoms with Crippen molar-refractivity contribution in [1.29, 1.82) is 0 Å².